The number of carboxylic acid groups (broad SMARTS) is 1. The maximum atomic E-state index is 12.2. The highest BCUT2D eigenvalue weighted by atomic mass is 16.6. The summed E-state index contributed by atoms with van der Waals surface area (Å²) >= 11 is 0. The Morgan fingerprint density at radius 2 is 1.62 bits per heavy atom. The van der Waals surface area contributed by atoms with Gasteiger partial charge in [0.1, 0.15) is 18.8 Å². The van der Waals surface area contributed by atoms with Crippen LogP contribution in [-0.2, 0) is 33.4 Å². The van der Waals surface area contributed by atoms with Gasteiger partial charge in [0, 0.05) is 37.2 Å². The second-order valence-corrected chi connectivity index (χ2v) is 8.59. The van der Waals surface area contributed by atoms with Crippen molar-refractivity contribution in [3.63, 3.8) is 0 Å². The summed E-state index contributed by atoms with van der Waals surface area (Å²) in [5.41, 5.74) is -0.857. The van der Waals surface area contributed by atoms with E-state index >= 15 is 0 Å². The first-order valence-corrected chi connectivity index (χ1v) is 9.75. The third-order valence-corrected chi connectivity index (χ3v) is 6.54. The summed E-state index contributed by atoms with van der Waals surface area (Å²) in [4.78, 5) is 47.1. The number of fused-ring (bicyclic) bond motifs is 1. The van der Waals surface area contributed by atoms with Gasteiger partial charge in [-0.05, 0) is 37.7 Å². The summed E-state index contributed by atoms with van der Waals surface area (Å²) in [5.74, 6) is -2.85. The van der Waals surface area contributed by atoms with Crippen molar-refractivity contribution < 1.29 is 38.5 Å². The molecule has 0 aliphatic heterocycles. The van der Waals surface area contributed by atoms with Crippen molar-refractivity contribution in [3.8, 4) is 0 Å². The SMILES string of the molecule is CC(=O)OC[C@]1(C)[C@@H](OC(C)=O)CC[C@]2(C)C(C(=O)O)=C(C)[C@@H](OC(C)=O)C[C@@H]12. The van der Waals surface area contributed by atoms with Crippen LogP contribution in [0.1, 0.15) is 60.8 Å². The molecule has 0 aromatic carbocycles. The lowest BCUT2D eigenvalue weighted by Crippen LogP contribution is -2.59. The van der Waals surface area contributed by atoms with E-state index in [1.54, 1.807) is 6.92 Å². The van der Waals surface area contributed by atoms with Crippen molar-refractivity contribution in [2.75, 3.05) is 6.61 Å². The highest BCUT2D eigenvalue weighted by Gasteiger charge is 2.61. The number of hydrogen-bond acceptors (Lipinski definition) is 7. The van der Waals surface area contributed by atoms with Crippen LogP contribution >= 0.6 is 0 Å². The highest BCUT2D eigenvalue weighted by Crippen LogP contribution is 2.60. The Bertz CT molecular complexity index is 754. The minimum Gasteiger partial charge on any atom is -0.478 e. The molecule has 0 heterocycles. The molecule has 1 fully saturated rings. The van der Waals surface area contributed by atoms with Crippen LogP contribution in [0.2, 0.25) is 0 Å². The molecule has 2 aliphatic rings. The summed E-state index contributed by atoms with van der Waals surface area (Å²) in [6, 6.07) is 0. The van der Waals surface area contributed by atoms with Crippen molar-refractivity contribution in [2.45, 2.75) is 73.0 Å². The third-order valence-electron chi connectivity index (χ3n) is 6.54. The van der Waals surface area contributed by atoms with E-state index in [1.165, 1.54) is 20.8 Å². The second-order valence-electron chi connectivity index (χ2n) is 8.59. The molecule has 1 N–H and O–H groups in total. The van der Waals surface area contributed by atoms with E-state index in [9.17, 15) is 24.3 Å². The largest absolute Gasteiger partial charge is 0.478 e. The predicted molar refractivity (Wildman–Crippen MR) is 102 cm³/mol. The Balaban J connectivity index is 2.60. The Morgan fingerprint density at radius 3 is 2.10 bits per heavy atom. The molecular formula is C21H30O8. The standard InChI is InChI=1S/C21H30O8/c1-11-15(28-13(3)23)9-16-20(5,18(11)19(25)26)8-7-17(29-14(4)24)21(16,6)10-27-12(2)22/h15-17H,7-10H2,1-6H3,(H,25,26)/t15-,16+,17-,20-,21-/m0/s1. The Morgan fingerprint density at radius 1 is 1.03 bits per heavy atom. The molecule has 162 valence electrons. The normalized spacial score (nSPS) is 34.1. The van der Waals surface area contributed by atoms with E-state index in [4.69, 9.17) is 14.2 Å². The second kappa shape index (κ2) is 8.16. The molecule has 0 radical (unpaired) electrons. The lowest BCUT2D eigenvalue weighted by molar-refractivity contribution is -0.187. The molecule has 0 amide bonds. The minimum absolute atomic E-state index is 0.0285. The van der Waals surface area contributed by atoms with Gasteiger partial charge in [0.2, 0.25) is 0 Å². The van der Waals surface area contributed by atoms with E-state index in [1.807, 2.05) is 13.8 Å². The number of carbonyl (C=O) groups excluding carboxylic acids is 3. The van der Waals surface area contributed by atoms with Crippen LogP contribution in [0.15, 0.2) is 11.1 Å². The smallest absolute Gasteiger partial charge is 0.332 e. The molecule has 1 saturated carbocycles. The maximum absolute atomic E-state index is 12.2. The van der Waals surface area contributed by atoms with E-state index in [-0.39, 0.29) is 18.1 Å². The van der Waals surface area contributed by atoms with Gasteiger partial charge in [-0.3, -0.25) is 14.4 Å². The lowest BCUT2D eigenvalue weighted by atomic mass is 9.48. The van der Waals surface area contributed by atoms with Crippen molar-refractivity contribution in [3.05, 3.63) is 11.1 Å². The van der Waals surface area contributed by atoms with Crippen LogP contribution in [0.5, 0.6) is 0 Å². The van der Waals surface area contributed by atoms with Crippen LogP contribution in [0, 0.1) is 16.7 Å². The van der Waals surface area contributed by atoms with Gasteiger partial charge in [0.25, 0.3) is 0 Å². The zero-order chi connectivity index (χ0) is 22.1. The van der Waals surface area contributed by atoms with Gasteiger partial charge in [0.05, 0.1) is 0 Å². The molecule has 0 aromatic heterocycles. The molecule has 2 rings (SSSR count). The number of hydrogen-bond donors (Lipinski definition) is 1. The van der Waals surface area contributed by atoms with Gasteiger partial charge in [-0.25, -0.2) is 4.79 Å². The topological polar surface area (TPSA) is 116 Å². The highest BCUT2D eigenvalue weighted by molar-refractivity contribution is 5.90. The van der Waals surface area contributed by atoms with Gasteiger partial charge in [-0.15, -0.1) is 0 Å². The number of aliphatic carboxylic acids is 1. The van der Waals surface area contributed by atoms with Gasteiger partial charge >= 0.3 is 23.9 Å². The number of carbonyl (C=O) groups is 4. The number of rotatable bonds is 5. The Labute approximate surface area is 170 Å². The van der Waals surface area contributed by atoms with E-state index in [0.717, 1.165) is 0 Å². The zero-order valence-electron chi connectivity index (χ0n) is 17.9. The predicted octanol–water partition coefficient (Wildman–Crippen LogP) is 2.64. The summed E-state index contributed by atoms with van der Waals surface area (Å²) in [5, 5.41) is 10.00. The average Bonchev–Trinajstić information content (AvgIpc) is 2.57. The van der Waals surface area contributed by atoms with Gasteiger partial charge in [0.15, 0.2) is 0 Å². The van der Waals surface area contributed by atoms with E-state index in [2.05, 4.69) is 0 Å². The maximum Gasteiger partial charge on any atom is 0.332 e. The summed E-state index contributed by atoms with van der Waals surface area (Å²) < 4.78 is 16.3. The molecule has 2 aliphatic carbocycles. The first kappa shape index (κ1) is 22.9. The van der Waals surface area contributed by atoms with Crippen LogP contribution in [-0.4, -0.2) is 47.8 Å². The fraction of sp³-hybridized carbons (Fsp3) is 0.714. The van der Waals surface area contributed by atoms with Crippen molar-refractivity contribution in [1.82, 2.24) is 0 Å². The molecular weight excluding hydrogens is 380 g/mol. The van der Waals surface area contributed by atoms with Crippen LogP contribution in [0.25, 0.3) is 0 Å². The number of esters is 3. The van der Waals surface area contributed by atoms with Gasteiger partial charge < -0.3 is 19.3 Å². The molecule has 8 nitrogen and oxygen atoms in total. The molecule has 0 spiro atoms. The zero-order valence-corrected chi connectivity index (χ0v) is 17.9. The minimum atomic E-state index is -1.06. The van der Waals surface area contributed by atoms with E-state index < -0.39 is 46.9 Å². The lowest BCUT2D eigenvalue weighted by Gasteiger charge is -2.58. The summed E-state index contributed by atoms with van der Waals surface area (Å²) in [6.45, 7) is 9.26. The van der Waals surface area contributed by atoms with Crippen molar-refractivity contribution in [1.29, 1.82) is 0 Å². The fourth-order valence-electron chi connectivity index (χ4n) is 5.31. The molecule has 29 heavy (non-hydrogen) atoms. The van der Waals surface area contributed by atoms with Gasteiger partial charge in [-0.2, -0.15) is 0 Å². The fourth-order valence-corrected chi connectivity index (χ4v) is 5.31. The quantitative estimate of drug-likeness (QED) is 0.543. The molecule has 0 bridgehead atoms. The summed E-state index contributed by atoms with van der Waals surface area (Å²) in [6.07, 6.45) is 0.0195. The molecule has 8 heteroatoms. The number of carboxylic acids is 1. The molecule has 5 atom stereocenters. The third kappa shape index (κ3) is 4.31. The average molecular weight is 410 g/mol. The molecule has 0 aromatic rings. The first-order chi connectivity index (χ1) is 13.3. The van der Waals surface area contributed by atoms with Gasteiger partial charge in [-0.1, -0.05) is 13.8 Å². The van der Waals surface area contributed by atoms with Crippen LogP contribution < -0.4 is 0 Å². The number of ether oxygens (including phenoxy) is 3. The van der Waals surface area contributed by atoms with Crippen LogP contribution in [0.3, 0.4) is 0 Å². The Hall–Kier alpha value is -2.38. The molecule has 0 unspecified atom stereocenters. The molecule has 0 saturated heterocycles. The monoisotopic (exact) mass is 410 g/mol. The van der Waals surface area contributed by atoms with E-state index in [0.29, 0.717) is 24.8 Å². The Kier molecular flexibility index (Phi) is 6.45. The van der Waals surface area contributed by atoms with Crippen molar-refractivity contribution >= 4 is 23.9 Å². The summed E-state index contributed by atoms with van der Waals surface area (Å²) in [7, 11) is 0. The first-order valence-electron chi connectivity index (χ1n) is 9.75. The van der Waals surface area contributed by atoms with Crippen molar-refractivity contribution in [2.24, 2.45) is 16.7 Å². The van der Waals surface area contributed by atoms with Crippen LogP contribution in [0.4, 0.5) is 0 Å².